The van der Waals surface area contributed by atoms with Gasteiger partial charge in [0.05, 0.1) is 6.20 Å². The molecule has 2 N–H and O–H groups in total. The monoisotopic (exact) mass is 243 g/mol. The van der Waals surface area contributed by atoms with Gasteiger partial charge in [-0.25, -0.2) is 4.39 Å². The minimum absolute atomic E-state index is 0.230. The van der Waals surface area contributed by atoms with Crippen molar-refractivity contribution in [3.8, 4) is 11.4 Å². The van der Waals surface area contributed by atoms with Crippen LogP contribution in [0.5, 0.6) is 0 Å². The van der Waals surface area contributed by atoms with Crippen LogP contribution in [0, 0.1) is 5.82 Å². The van der Waals surface area contributed by atoms with Crippen molar-refractivity contribution in [1.29, 1.82) is 0 Å². The van der Waals surface area contributed by atoms with E-state index in [1.807, 2.05) is 6.07 Å². The molecule has 0 amide bonds. The Morgan fingerprint density at radius 2 is 1.89 bits per heavy atom. The Morgan fingerprint density at radius 1 is 1.06 bits per heavy atom. The van der Waals surface area contributed by atoms with Crippen molar-refractivity contribution in [3.63, 3.8) is 0 Å². The zero-order valence-electron chi connectivity index (χ0n) is 9.39. The molecule has 0 aliphatic carbocycles. The average Bonchev–Trinajstić information content (AvgIpc) is 3.02. The van der Waals surface area contributed by atoms with Gasteiger partial charge in [-0.1, -0.05) is 12.1 Å². The van der Waals surface area contributed by atoms with E-state index in [9.17, 15) is 4.39 Å². The molecule has 2 heterocycles. The number of aromatic nitrogens is 5. The molecule has 0 atom stereocenters. The maximum atomic E-state index is 12.8. The molecule has 0 aliphatic heterocycles. The van der Waals surface area contributed by atoms with Crippen LogP contribution in [-0.2, 0) is 6.42 Å². The van der Waals surface area contributed by atoms with E-state index in [1.165, 1.54) is 12.1 Å². The molecule has 0 saturated carbocycles. The Kier molecular flexibility index (Phi) is 2.60. The molecule has 0 aliphatic rings. The van der Waals surface area contributed by atoms with Gasteiger partial charge < -0.3 is 0 Å². The van der Waals surface area contributed by atoms with Gasteiger partial charge >= 0.3 is 0 Å². The van der Waals surface area contributed by atoms with Crippen LogP contribution in [0.25, 0.3) is 11.4 Å². The number of aromatic amines is 2. The average molecular weight is 243 g/mol. The largest absolute Gasteiger partial charge is 0.282 e. The maximum absolute atomic E-state index is 12.8. The van der Waals surface area contributed by atoms with Crippen molar-refractivity contribution in [2.45, 2.75) is 6.42 Å². The van der Waals surface area contributed by atoms with Crippen LogP contribution in [0.4, 0.5) is 4.39 Å². The molecule has 0 radical (unpaired) electrons. The molecule has 0 saturated heterocycles. The van der Waals surface area contributed by atoms with Crippen molar-refractivity contribution in [3.05, 3.63) is 53.6 Å². The first-order valence-corrected chi connectivity index (χ1v) is 5.46. The van der Waals surface area contributed by atoms with Crippen molar-refractivity contribution in [1.82, 2.24) is 25.6 Å². The van der Waals surface area contributed by atoms with Gasteiger partial charge in [0.25, 0.3) is 0 Å². The smallest absolute Gasteiger partial charge is 0.133 e. The van der Waals surface area contributed by atoms with Gasteiger partial charge in [-0.2, -0.15) is 20.5 Å². The summed E-state index contributed by atoms with van der Waals surface area (Å²) >= 11 is 0. The second-order valence-electron chi connectivity index (χ2n) is 3.94. The molecule has 1 aromatic carbocycles. The highest BCUT2D eigenvalue weighted by Gasteiger charge is 2.06. The first kappa shape index (κ1) is 10.6. The third kappa shape index (κ3) is 2.13. The number of benzene rings is 1. The van der Waals surface area contributed by atoms with Crippen LogP contribution in [-0.4, -0.2) is 25.6 Å². The lowest BCUT2D eigenvalue weighted by Gasteiger charge is -1.97. The Bertz CT molecular complexity index is 627. The summed E-state index contributed by atoms with van der Waals surface area (Å²) in [4.78, 5) is 0. The Labute approximate surface area is 102 Å². The molecule has 0 unspecified atom stereocenters. The standard InChI is InChI=1S/C12H10FN5/c13-9-3-1-8(2-4-9)5-10-6-11(16-15-10)12-7-14-18-17-12/h1-4,6-7H,5H2,(H,15,16)(H,14,17,18). The first-order chi connectivity index (χ1) is 8.81. The van der Waals surface area contributed by atoms with Crippen molar-refractivity contribution in [2.24, 2.45) is 0 Å². The number of hydrogen-bond donors (Lipinski definition) is 2. The zero-order chi connectivity index (χ0) is 12.4. The molecule has 90 valence electrons. The lowest BCUT2D eigenvalue weighted by molar-refractivity contribution is 0.627. The Morgan fingerprint density at radius 3 is 2.61 bits per heavy atom. The summed E-state index contributed by atoms with van der Waals surface area (Å²) < 4.78 is 12.8. The molecule has 3 rings (SSSR count). The van der Waals surface area contributed by atoms with E-state index in [4.69, 9.17) is 0 Å². The highest BCUT2D eigenvalue weighted by atomic mass is 19.1. The molecular formula is C12H10FN5. The predicted molar refractivity (Wildman–Crippen MR) is 63.2 cm³/mol. The van der Waals surface area contributed by atoms with Crippen LogP contribution in [0.3, 0.4) is 0 Å². The normalized spacial score (nSPS) is 10.7. The van der Waals surface area contributed by atoms with E-state index in [1.54, 1.807) is 18.3 Å². The number of halogens is 1. The number of nitrogens with one attached hydrogen (secondary N) is 2. The zero-order valence-corrected chi connectivity index (χ0v) is 9.39. The van der Waals surface area contributed by atoms with Gasteiger partial charge in [-0.3, -0.25) is 5.10 Å². The van der Waals surface area contributed by atoms with Crippen LogP contribution >= 0.6 is 0 Å². The Hall–Kier alpha value is -2.50. The molecule has 5 nitrogen and oxygen atoms in total. The van der Waals surface area contributed by atoms with E-state index < -0.39 is 0 Å². The fourth-order valence-corrected chi connectivity index (χ4v) is 1.73. The van der Waals surface area contributed by atoms with E-state index >= 15 is 0 Å². The summed E-state index contributed by atoms with van der Waals surface area (Å²) in [6, 6.07) is 8.31. The van der Waals surface area contributed by atoms with Gasteiger partial charge in [0, 0.05) is 12.1 Å². The molecule has 0 spiro atoms. The second-order valence-corrected chi connectivity index (χ2v) is 3.94. The topological polar surface area (TPSA) is 70.2 Å². The van der Waals surface area contributed by atoms with Crippen LogP contribution in [0.15, 0.2) is 36.5 Å². The third-order valence-corrected chi connectivity index (χ3v) is 2.62. The predicted octanol–water partition coefficient (Wildman–Crippen LogP) is 1.92. The van der Waals surface area contributed by atoms with Crippen LogP contribution in [0.2, 0.25) is 0 Å². The fourth-order valence-electron chi connectivity index (χ4n) is 1.73. The lowest BCUT2D eigenvalue weighted by Crippen LogP contribution is -1.88. The van der Waals surface area contributed by atoms with E-state index in [2.05, 4.69) is 25.6 Å². The summed E-state index contributed by atoms with van der Waals surface area (Å²) in [5, 5.41) is 17.3. The van der Waals surface area contributed by atoms with Crippen molar-refractivity contribution in [2.75, 3.05) is 0 Å². The van der Waals surface area contributed by atoms with Gasteiger partial charge in [-0.15, -0.1) is 0 Å². The molecule has 0 fully saturated rings. The van der Waals surface area contributed by atoms with Gasteiger partial charge in [-0.05, 0) is 23.8 Å². The fraction of sp³-hybridized carbons (Fsp3) is 0.0833. The number of H-pyrrole nitrogens is 2. The summed E-state index contributed by atoms with van der Waals surface area (Å²) in [5.41, 5.74) is 3.39. The van der Waals surface area contributed by atoms with Crippen LogP contribution in [0.1, 0.15) is 11.3 Å². The van der Waals surface area contributed by atoms with E-state index in [0.717, 1.165) is 17.0 Å². The molecule has 18 heavy (non-hydrogen) atoms. The van der Waals surface area contributed by atoms with E-state index in [0.29, 0.717) is 12.1 Å². The second kappa shape index (κ2) is 4.40. The van der Waals surface area contributed by atoms with Crippen LogP contribution < -0.4 is 0 Å². The number of rotatable bonds is 3. The van der Waals surface area contributed by atoms with Crippen molar-refractivity contribution < 1.29 is 4.39 Å². The third-order valence-electron chi connectivity index (χ3n) is 2.62. The van der Waals surface area contributed by atoms with Gasteiger partial charge in [0.15, 0.2) is 0 Å². The quantitative estimate of drug-likeness (QED) is 0.738. The molecule has 0 bridgehead atoms. The molecule has 6 heteroatoms. The maximum Gasteiger partial charge on any atom is 0.133 e. The number of hydrogen-bond acceptors (Lipinski definition) is 3. The Balaban J connectivity index is 1.80. The van der Waals surface area contributed by atoms with Gasteiger partial charge in [0.2, 0.25) is 0 Å². The number of nitrogens with zero attached hydrogens (tertiary/aromatic N) is 3. The molecular weight excluding hydrogens is 233 g/mol. The minimum atomic E-state index is -0.230. The summed E-state index contributed by atoms with van der Waals surface area (Å²) in [6.07, 6.45) is 2.28. The van der Waals surface area contributed by atoms with Gasteiger partial charge in [0.1, 0.15) is 17.2 Å². The highest BCUT2D eigenvalue weighted by molar-refractivity contribution is 5.52. The SMILES string of the molecule is Fc1ccc(Cc2cc(-c3cn[nH]n3)n[nH]2)cc1. The summed E-state index contributed by atoms with van der Waals surface area (Å²) in [6.45, 7) is 0. The molecule has 2 aromatic heterocycles. The minimum Gasteiger partial charge on any atom is -0.282 e. The summed E-state index contributed by atoms with van der Waals surface area (Å²) in [7, 11) is 0. The van der Waals surface area contributed by atoms with Crippen molar-refractivity contribution >= 4 is 0 Å². The highest BCUT2D eigenvalue weighted by Crippen LogP contribution is 2.15. The lowest BCUT2D eigenvalue weighted by atomic mass is 10.1. The molecule has 3 aromatic rings. The summed E-state index contributed by atoms with van der Waals surface area (Å²) in [5.74, 6) is -0.230. The first-order valence-electron chi connectivity index (χ1n) is 5.46. The van der Waals surface area contributed by atoms with E-state index in [-0.39, 0.29) is 5.82 Å².